The number of aryl methyl sites for hydroxylation is 2. The van der Waals surface area contributed by atoms with Crippen LogP contribution in [0.1, 0.15) is 38.3 Å². The van der Waals surface area contributed by atoms with Crippen molar-refractivity contribution >= 4 is 11.6 Å². The zero-order valence-corrected chi connectivity index (χ0v) is 10.9. The van der Waals surface area contributed by atoms with Crippen LogP contribution < -0.4 is 5.73 Å². The highest BCUT2D eigenvalue weighted by Gasteiger charge is 2.12. The number of rotatable bonds is 4. The maximum absolute atomic E-state index is 13.5. The molecule has 90 valence electrons. The first-order chi connectivity index (χ1) is 7.33. The number of benzene rings is 1. The van der Waals surface area contributed by atoms with Gasteiger partial charge in [0.2, 0.25) is 0 Å². The molecule has 0 spiro atoms. The van der Waals surface area contributed by atoms with Gasteiger partial charge in [-0.3, -0.25) is 0 Å². The molecule has 0 saturated carbocycles. The Balaban J connectivity index is 2.86. The molecule has 1 rings (SSSR count). The minimum absolute atomic E-state index is 0.201. The van der Waals surface area contributed by atoms with Gasteiger partial charge in [0.15, 0.2) is 0 Å². The molecule has 0 saturated heterocycles. The maximum atomic E-state index is 13.5. The first-order valence-electron chi connectivity index (χ1n) is 5.59. The molecule has 0 amide bonds. The molecule has 0 unspecified atom stereocenters. The van der Waals surface area contributed by atoms with Gasteiger partial charge < -0.3 is 5.73 Å². The second-order valence-corrected chi connectivity index (χ2v) is 5.30. The van der Waals surface area contributed by atoms with E-state index in [0.29, 0.717) is 12.0 Å². The molecule has 0 heterocycles. The van der Waals surface area contributed by atoms with Gasteiger partial charge in [-0.15, -0.1) is 0 Å². The Morgan fingerprint density at radius 3 is 2.50 bits per heavy atom. The van der Waals surface area contributed by atoms with Crippen LogP contribution in [-0.4, -0.2) is 5.54 Å². The molecule has 0 fully saturated rings. The van der Waals surface area contributed by atoms with Crippen LogP contribution in [0.3, 0.4) is 0 Å². The van der Waals surface area contributed by atoms with E-state index in [1.54, 1.807) is 6.07 Å². The minimum Gasteiger partial charge on any atom is -0.326 e. The van der Waals surface area contributed by atoms with Gasteiger partial charge in [-0.2, -0.15) is 0 Å². The van der Waals surface area contributed by atoms with E-state index in [2.05, 4.69) is 0 Å². The highest BCUT2D eigenvalue weighted by atomic mass is 35.5. The Bertz CT molecular complexity index is 369. The summed E-state index contributed by atoms with van der Waals surface area (Å²) in [6.07, 6.45) is 2.35. The standard InChI is InChI=1S/C13H19ClFN/c1-4-10-7-9(5-6-13(2,3)16)8-11(14)12(10)15/h7-8H,4-6,16H2,1-3H3. The fraction of sp³-hybridized carbons (Fsp3) is 0.538. The number of halogens is 2. The lowest BCUT2D eigenvalue weighted by atomic mass is 9.95. The average Bonchev–Trinajstić information content (AvgIpc) is 2.18. The monoisotopic (exact) mass is 243 g/mol. The normalized spacial score (nSPS) is 11.9. The van der Waals surface area contributed by atoms with E-state index in [1.165, 1.54) is 0 Å². The summed E-state index contributed by atoms with van der Waals surface area (Å²) in [5.74, 6) is -0.292. The van der Waals surface area contributed by atoms with Gasteiger partial charge in [0.1, 0.15) is 5.82 Å². The minimum atomic E-state index is -0.292. The van der Waals surface area contributed by atoms with Gasteiger partial charge in [0.25, 0.3) is 0 Å². The van der Waals surface area contributed by atoms with Crippen molar-refractivity contribution in [3.05, 3.63) is 34.1 Å². The van der Waals surface area contributed by atoms with Crippen molar-refractivity contribution < 1.29 is 4.39 Å². The van der Waals surface area contributed by atoms with Crippen molar-refractivity contribution in [1.29, 1.82) is 0 Å². The molecule has 0 radical (unpaired) electrons. The van der Waals surface area contributed by atoms with Gasteiger partial charge >= 0.3 is 0 Å². The van der Waals surface area contributed by atoms with Crippen molar-refractivity contribution in [2.75, 3.05) is 0 Å². The van der Waals surface area contributed by atoms with Crippen molar-refractivity contribution in [3.8, 4) is 0 Å². The van der Waals surface area contributed by atoms with Crippen LogP contribution in [0.4, 0.5) is 4.39 Å². The van der Waals surface area contributed by atoms with Crippen molar-refractivity contribution in [3.63, 3.8) is 0 Å². The van der Waals surface area contributed by atoms with Crippen molar-refractivity contribution in [1.82, 2.24) is 0 Å². The van der Waals surface area contributed by atoms with E-state index in [-0.39, 0.29) is 16.4 Å². The molecular formula is C13H19ClFN. The Morgan fingerprint density at radius 1 is 1.38 bits per heavy atom. The van der Waals surface area contributed by atoms with Crippen LogP contribution in [0, 0.1) is 5.82 Å². The van der Waals surface area contributed by atoms with Gasteiger partial charge in [-0.25, -0.2) is 4.39 Å². The lowest BCUT2D eigenvalue weighted by Crippen LogP contribution is -2.32. The Hall–Kier alpha value is -0.600. The molecule has 2 N–H and O–H groups in total. The van der Waals surface area contributed by atoms with Crippen LogP contribution in [0.15, 0.2) is 12.1 Å². The van der Waals surface area contributed by atoms with Gasteiger partial charge in [0, 0.05) is 5.54 Å². The largest absolute Gasteiger partial charge is 0.326 e. The molecule has 0 bridgehead atoms. The zero-order valence-electron chi connectivity index (χ0n) is 10.1. The summed E-state index contributed by atoms with van der Waals surface area (Å²) in [4.78, 5) is 0. The summed E-state index contributed by atoms with van der Waals surface area (Å²) >= 11 is 5.84. The highest BCUT2D eigenvalue weighted by Crippen LogP contribution is 2.23. The molecule has 0 atom stereocenters. The van der Waals surface area contributed by atoms with E-state index in [1.807, 2.05) is 26.8 Å². The molecule has 0 aliphatic rings. The van der Waals surface area contributed by atoms with Gasteiger partial charge in [0.05, 0.1) is 5.02 Å². The molecule has 0 aliphatic carbocycles. The third kappa shape index (κ3) is 3.76. The second kappa shape index (κ2) is 5.15. The molecule has 1 nitrogen and oxygen atoms in total. The third-order valence-corrected chi connectivity index (χ3v) is 2.88. The Kier molecular flexibility index (Phi) is 4.34. The second-order valence-electron chi connectivity index (χ2n) is 4.89. The lowest BCUT2D eigenvalue weighted by molar-refractivity contribution is 0.476. The number of nitrogens with two attached hydrogens (primary N) is 1. The van der Waals surface area contributed by atoms with Crippen LogP contribution >= 0.6 is 11.6 Å². The smallest absolute Gasteiger partial charge is 0.144 e. The summed E-state index contributed by atoms with van der Waals surface area (Å²) in [6.45, 7) is 5.89. The molecule has 3 heteroatoms. The quantitative estimate of drug-likeness (QED) is 0.857. The maximum Gasteiger partial charge on any atom is 0.144 e. The third-order valence-electron chi connectivity index (χ3n) is 2.60. The predicted molar refractivity (Wildman–Crippen MR) is 67.4 cm³/mol. The van der Waals surface area contributed by atoms with E-state index >= 15 is 0 Å². The van der Waals surface area contributed by atoms with Gasteiger partial charge in [-0.1, -0.05) is 24.6 Å². The molecule has 0 aliphatic heterocycles. The van der Waals surface area contributed by atoms with E-state index in [4.69, 9.17) is 17.3 Å². The summed E-state index contributed by atoms with van der Waals surface area (Å²) in [7, 11) is 0. The van der Waals surface area contributed by atoms with Crippen molar-refractivity contribution in [2.45, 2.75) is 45.6 Å². The van der Waals surface area contributed by atoms with Crippen LogP contribution in [-0.2, 0) is 12.8 Å². The summed E-state index contributed by atoms with van der Waals surface area (Å²) in [6, 6.07) is 3.58. The molecule has 16 heavy (non-hydrogen) atoms. The molecular weight excluding hydrogens is 225 g/mol. The average molecular weight is 244 g/mol. The van der Waals surface area contributed by atoms with E-state index < -0.39 is 0 Å². The lowest BCUT2D eigenvalue weighted by Gasteiger charge is -2.18. The van der Waals surface area contributed by atoms with Crippen LogP contribution in [0.5, 0.6) is 0 Å². The number of hydrogen-bond donors (Lipinski definition) is 1. The molecule has 0 aromatic heterocycles. The first-order valence-corrected chi connectivity index (χ1v) is 5.97. The zero-order chi connectivity index (χ0) is 12.3. The van der Waals surface area contributed by atoms with Gasteiger partial charge in [-0.05, 0) is 50.3 Å². The van der Waals surface area contributed by atoms with Crippen molar-refractivity contribution in [2.24, 2.45) is 5.73 Å². The Labute approximate surface area is 102 Å². The number of hydrogen-bond acceptors (Lipinski definition) is 1. The van der Waals surface area contributed by atoms with Crippen LogP contribution in [0.25, 0.3) is 0 Å². The fourth-order valence-electron chi connectivity index (χ4n) is 1.58. The Morgan fingerprint density at radius 2 is 2.00 bits per heavy atom. The summed E-state index contributed by atoms with van der Waals surface area (Å²) in [5.41, 5.74) is 7.45. The summed E-state index contributed by atoms with van der Waals surface area (Å²) < 4.78 is 13.5. The molecule has 1 aromatic carbocycles. The fourth-order valence-corrected chi connectivity index (χ4v) is 1.84. The predicted octanol–water partition coefficient (Wildman–Crippen LogP) is 3.71. The summed E-state index contributed by atoms with van der Waals surface area (Å²) in [5, 5.41) is 0.212. The molecule has 1 aromatic rings. The SMILES string of the molecule is CCc1cc(CCC(C)(C)N)cc(Cl)c1F. The van der Waals surface area contributed by atoms with E-state index in [9.17, 15) is 4.39 Å². The first kappa shape index (κ1) is 13.5. The highest BCUT2D eigenvalue weighted by molar-refractivity contribution is 6.30. The van der Waals surface area contributed by atoms with E-state index in [0.717, 1.165) is 18.4 Å². The van der Waals surface area contributed by atoms with Crippen LogP contribution in [0.2, 0.25) is 5.02 Å². The topological polar surface area (TPSA) is 26.0 Å².